The van der Waals surface area contributed by atoms with Gasteiger partial charge in [-0.1, -0.05) is 13.8 Å². The van der Waals surface area contributed by atoms with Gasteiger partial charge in [-0.05, 0) is 19.8 Å². The van der Waals surface area contributed by atoms with E-state index in [1.165, 1.54) is 6.92 Å². The third kappa shape index (κ3) is 8.42. The van der Waals surface area contributed by atoms with Crippen molar-refractivity contribution in [1.82, 2.24) is 10.6 Å². The van der Waals surface area contributed by atoms with E-state index in [4.69, 9.17) is 0 Å². The zero-order valence-electron chi connectivity index (χ0n) is 11.0. The number of rotatable bonds is 7. The van der Waals surface area contributed by atoms with Crippen LogP contribution < -0.4 is 10.6 Å². The molecule has 0 aromatic heterocycles. The molecule has 0 aromatic carbocycles. The van der Waals surface area contributed by atoms with Crippen LogP contribution >= 0.6 is 0 Å². The molecule has 0 aliphatic heterocycles. The molecule has 0 bridgehead atoms. The summed E-state index contributed by atoms with van der Waals surface area (Å²) in [7, 11) is 0. The Hall–Kier alpha value is -1.39. The second-order valence-corrected chi connectivity index (χ2v) is 4.63. The predicted octanol–water partition coefficient (Wildman–Crippen LogP) is 0.632. The number of hydrogen-bond donors (Lipinski definition) is 2. The highest BCUT2D eigenvalue weighted by Gasteiger charge is 2.15. The lowest BCUT2D eigenvalue weighted by atomic mass is 10.2. The second-order valence-electron chi connectivity index (χ2n) is 4.63. The Labute approximate surface area is 102 Å². The van der Waals surface area contributed by atoms with Crippen LogP contribution in [0.4, 0.5) is 0 Å². The van der Waals surface area contributed by atoms with E-state index in [9.17, 15) is 14.4 Å². The second kappa shape index (κ2) is 7.81. The van der Waals surface area contributed by atoms with Crippen LogP contribution in [0.1, 0.15) is 40.5 Å². The largest absolute Gasteiger partial charge is 0.354 e. The highest BCUT2D eigenvalue weighted by molar-refractivity contribution is 5.89. The summed E-state index contributed by atoms with van der Waals surface area (Å²) in [5.74, 6) is -0.126. The maximum absolute atomic E-state index is 11.5. The molecule has 0 spiro atoms. The predicted molar refractivity (Wildman–Crippen MR) is 65.4 cm³/mol. The first kappa shape index (κ1) is 15.6. The minimum absolute atomic E-state index is 0.0305. The van der Waals surface area contributed by atoms with Crippen LogP contribution in [-0.2, 0) is 14.4 Å². The highest BCUT2D eigenvalue weighted by atomic mass is 16.2. The Balaban J connectivity index is 3.90. The van der Waals surface area contributed by atoms with Crippen LogP contribution in [0.25, 0.3) is 0 Å². The standard InChI is InChI=1S/C12H22N2O3/c1-8(2)7-13-12(17)10(4)14-11(16)6-5-9(3)15/h8,10H,5-7H2,1-4H3,(H,13,17)(H,14,16). The van der Waals surface area contributed by atoms with E-state index in [0.29, 0.717) is 12.5 Å². The van der Waals surface area contributed by atoms with E-state index < -0.39 is 6.04 Å². The summed E-state index contributed by atoms with van der Waals surface area (Å²) in [5.41, 5.74) is 0. The van der Waals surface area contributed by atoms with Crippen LogP contribution in [0, 0.1) is 5.92 Å². The van der Waals surface area contributed by atoms with Gasteiger partial charge in [0.15, 0.2) is 0 Å². The molecule has 0 radical (unpaired) electrons. The van der Waals surface area contributed by atoms with E-state index >= 15 is 0 Å². The number of nitrogens with one attached hydrogen (secondary N) is 2. The maximum atomic E-state index is 11.5. The Kier molecular flexibility index (Phi) is 7.18. The first-order valence-corrected chi connectivity index (χ1v) is 5.89. The number of carbonyl (C=O) groups is 3. The van der Waals surface area contributed by atoms with Crippen LogP contribution in [0.5, 0.6) is 0 Å². The topological polar surface area (TPSA) is 75.3 Å². The van der Waals surface area contributed by atoms with Gasteiger partial charge < -0.3 is 15.4 Å². The zero-order valence-corrected chi connectivity index (χ0v) is 11.0. The number of ketones is 1. The molecular formula is C12H22N2O3. The van der Waals surface area contributed by atoms with Gasteiger partial charge in [-0.25, -0.2) is 0 Å². The summed E-state index contributed by atoms with van der Waals surface area (Å²) < 4.78 is 0. The molecule has 0 saturated carbocycles. The lowest BCUT2D eigenvalue weighted by Gasteiger charge is -2.14. The maximum Gasteiger partial charge on any atom is 0.242 e. The van der Waals surface area contributed by atoms with Crippen LogP contribution in [-0.4, -0.2) is 30.2 Å². The molecule has 5 nitrogen and oxygen atoms in total. The van der Waals surface area contributed by atoms with Gasteiger partial charge in [0.25, 0.3) is 0 Å². The third-order valence-corrected chi connectivity index (χ3v) is 2.16. The first-order valence-electron chi connectivity index (χ1n) is 5.89. The molecule has 0 fully saturated rings. The molecule has 98 valence electrons. The van der Waals surface area contributed by atoms with Crippen molar-refractivity contribution in [2.45, 2.75) is 46.6 Å². The molecular weight excluding hydrogens is 220 g/mol. The van der Waals surface area contributed by atoms with Crippen molar-refractivity contribution in [2.24, 2.45) is 5.92 Å². The summed E-state index contributed by atoms with van der Waals surface area (Å²) in [4.78, 5) is 33.6. The average Bonchev–Trinajstić information content (AvgIpc) is 2.22. The van der Waals surface area contributed by atoms with Crippen molar-refractivity contribution < 1.29 is 14.4 Å². The zero-order chi connectivity index (χ0) is 13.4. The van der Waals surface area contributed by atoms with Gasteiger partial charge in [0.2, 0.25) is 11.8 Å². The number of carbonyl (C=O) groups excluding carboxylic acids is 3. The molecule has 0 saturated heterocycles. The normalized spacial score (nSPS) is 12.1. The average molecular weight is 242 g/mol. The van der Waals surface area contributed by atoms with Crippen molar-refractivity contribution in [3.05, 3.63) is 0 Å². The smallest absolute Gasteiger partial charge is 0.242 e. The molecule has 5 heteroatoms. The SMILES string of the molecule is CC(=O)CCC(=O)NC(C)C(=O)NCC(C)C. The van der Waals surface area contributed by atoms with Gasteiger partial charge in [-0.15, -0.1) is 0 Å². The summed E-state index contributed by atoms with van der Waals surface area (Å²) in [5, 5.41) is 5.29. The first-order chi connectivity index (χ1) is 7.82. The van der Waals surface area contributed by atoms with Crippen molar-refractivity contribution in [2.75, 3.05) is 6.54 Å². The number of hydrogen-bond acceptors (Lipinski definition) is 3. The van der Waals surface area contributed by atoms with Gasteiger partial charge in [0, 0.05) is 19.4 Å². The Bertz CT molecular complexity index is 287. The summed E-state index contributed by atoms with van der Waals surface area (Å²) in [6.45, 7) is 7.65. The third-order valence-electron chi connectivity index (χ3n) is 2.16. The lowest BCUT2D eigenvalue weighted by Crippen LogP contribution is -2.45. The van der Waals surface area contributed by atoms with Crippen molar-refractivity contribution in [1.29, 1.82) is 0 Å². The summed E-state index contributed by atoms with van der Waals surface area (Å²) in [6, 6.07) is -0.562. The molecule has 17 heavy (non-hydrogen) atoms. The van der Waals surface area contributed by atoms with Crippen LogP contribution in [0.2, 0.25) is 0 Å². The fraction of sp³-hybridized carbons (Fsp3) is 0.750. The van der Waals surface area contributed by atoms with Gasteiger partial charge in [-0.3, -0.25) is 9.59 Å². The minimum atomic E-state index is -0.562. The fourth-order valence-electron chi connectivity index (χ4n) is 1.13. The van der Waals surface area contributed by atoms with Gasteiger partial charge >= 0.3 is 0 Å². The Morgan fingerprint density at radius 3 is 2.12 bits per heavy atom. The number of Topliss-reactive ketones (excluding diaryl/α,β-unsaturated/α-hetero) is 1. The van der Waals surface area contributed by atoms with Crippen molar-refractivity contribution in [3.63, 3.8) is 0 Å². The minimum Gasteiger partial charge on any atom is -0.354 e. The van der Waals surface area contributed by atoms with Crippen LogP contribution in [0.15, 0.2) is 0 Å². The molecule has 0 aliphatic carbocycles. The monoisotopic (exact) mass is 242 g/mol. The van der Waals surface area contributed by atoms with E-state index in [1.807, 2.05) is 13.8 Å². The summed E-state index contributed by atoms with van der Waals surface area (Å²) >= 11 is 0. The highest BCUT2D eigenvalue weighted by Crippen LogP contribution is 1.93. The molecule has 2 amide bonds. The molecule has 0 aromatic rings. The molecule has 1 atom stereocenters. The quantitative estimate of drug-likeness (QED) is 0.687. The lowest BCUT2D eigenvalue weighted by molar-refractivity contribution is -0.129. The molecule has 0 aliphatic rings. The van der Waals surface area contributed by atoms with E-state index in [1.54, 1.807) is 6.92 Å². The fourth-order valence-corrected chi connectivity index (χ4v) is 1.13. The van der Waals surface area contributed by atoms with Crippen LogP contribution in [0.3, 0.4) is 0 Å². The van der Waals surface area contributed by atoms with E-state index in [0.717, 1.165) is 0 Å². The van der Waals surface area contributed by atoms with Crippen molar-refractivity contribution in [3.8, 4) is 0 Å². The van der Waals surface area contributed by atoms with Crippen molar-refractivity contribution >= 4 is 17.6 Å². The molecule has 1 unspecified atom stereocenters. The Morgan fingerprint density at radius 2 is 1.65 bits per heavy atom. The summed E-state index contributed by atoms with van der Waals surface area (Å²) in [6.07, 6.45) is 0.350. The van der Waals surface area contributed by atoms with Gasteiger partial charge in [0.05, 0.1) is 0 Å². The van der Waals surface area contributed by atoms with Gasteiger partial charge in [0.1, 0.15) is 11.8 Å². The Morgan fingerprint density at radius 1 is 1.06 bits per heavy atom. The van der Waals surface area contributed by atoms with Gasteiger partial charge in [-0.2, -0.15) is 0 Å². The molecule has 0 heterocycles. The number of amides is 2. The molecule has 0 rings (SSSR count). The molecule has 2 N–H and O–H groups in total. The van der Waals surface area contributed by atoms with E-state index in [-0.39, 0.29) is 30.4 Å². The van der Waals surface area contributed by atoms with E-state index in [2.05, 4.69) is 10.6 Å².